The molecule has 5 nitrogen and oxygen atoms in total. The molecular weight excluding hydrogens is 278 g/mol. The Hall–Kier alpha value is -1.33. The lowest BCUT2D eigenvalue weighted by Gasteiger charge is -2.32. The molecule has 1 aromatic carbocycles. The van der Waals surface area contributed by atoms with E-state index in [2.05, 4.69) is 4.90 Å². The molecule has 2 unspecified atom stereocenters. The lowest BCUT2D eigenvalue weighted by Crippen LogP contribution is -2.38. The predicted octanol–water partition coefficient (Wildman–Crippen LogP) is 3.12. The fourth-order valence-electron chi connectivity index (χ4n) is 3.16. The topological polar surface area (TPSA) is 72.4 Å². The van der Waals surface area contributed by atoms with Gasteiger partial charge < -0.3 is 10.6 Å². The number of nitro benzene ring substituents is 1. The Bertz CT molecular complexity index is 521. The fraction of sp³-hybridized carbons (Fsp3) is 0.571. The van der Waals surface area contributed by atoms with Crippen LogP contribution in [0.15, 0.2) is 12.1 Å². The molecule has 0 spiro atoms. The van der Waals surface area contributed by atoms with Gasteiger partial charge in [0.05, 0.1) is 4.92 Å². The second-order valence-electron chi connectivity index (χ2n) is 5.45. The largest absolute Gasteiger partial charge is 0.371 e. The number of nitrogens with two attached hydrogens (primary N) is 1. The van der Waals surface area contributed by atoms with Crippen molar-refractivity contribution in [2.75, 3.05) is 18.5 Å². The van der Waals surface area contributed by atoms with E-state index in [-0.39, 0.29) is 10.7 Å². The fourth-order valence-corrected chi connectivity index (χ4v) is 3.38. The van der Waals surface area contributed by atoms with Gasteiger partial charge in [0.2, 0.25) is 0 Å². The molecule has 6 heteroatoms. The molecule has 0 amide bonds. The third-order valence-electron chi connectivity index (χ3n) is 4.26. The predicted molar refractivity (Wildman–Crippen MR) is 81.4 cm³/mol. The van der Waals surface area contributed by atoms with E-state index in [1.165, 1.54) is 6.42 Å². The molecule has 2 atom stereocenters. The number of hydrogen-bond acceptors (Lipinski definition) is 4. The minimum atomic E-state index is -0.447. The third kappa shape index (κ3) is 2.74. The van der Waals surface area contributed by atoms with Crippen LogP contribution in [0.3, 0.4) is 0 Å². The van der Waals surface area contributed by atoms with E-state index in [1.807, 2.05) is 14.0 Å². The van der Waals surface area contributed by atoms with Crippen LogP contribution < -0.4 is 10.6 Å². The van der Waals surface area contributed by atoms with Crippen LogP contribution in [0.1, 0.15) is 24.8 Å². The molecule has 2 rings (SSSR count). The summed E-state index contributed by atoms with van der Waals surface area (Å²) in [6.45, 7) is 2.55. The first-order chi connectivity index (χ1) is 9.45. The monoisotopic (exact) mass is 297 g/mol. The number of halogens is 1. The second-order valence-corrected chi connectivity index (χ2v) is 5.86. The summed E-state index contributed by atoms with van der Waals surface area (Å²) in [5, 5.41) is 11.1. The average molecular weight is 298 g/mol. The summed E-state index contributed by atoms with van der Waals surface area (Å²) < 4.78 is 0. The number of anilines is 1. The van der Waals surface area contributed by atoms with Crippen molar-refractivity contribution in [2.45, 2.75) is 32.2 Å². The normalized spacial score (nSPS) is 22.0. The summed E-state index contributed by atoms with van der Waals surface area (Å²) in [4.78, 5) is 12.6. The van der Waals surface area contributed by atoms with Crippen molar-refractivity contribution in [3.63, 3.8) is 0 Å². The maximum atomic E-state index is 10.9. The van der Waals surface area contributed by atoms with Crippen LogP contribution in [-0.2, 0) is 0 Å². The third-order valence-corrected chi connectivity index (χ3v) is 4.56. The van der Waals surface area contributed by atoms with E-state index in [4.69, 9.17) is 17.3 Å². The van der Waals surface area contributed by atoms with Crippen LogP contribution >= 0.6 is 11.6 Å². The van der Waals surface area contributed by atoms with E-state index < -0.39 is 4.92 Å². The van der Waals surface area contributed by atoms with Crippen LogP contribution in [0.2, 0.25) is 5.02 Å². The van der Waals surface area contributed by atoms with Crippen molar-refractivity contribution in [1.82, 2.24) is 0 Å². The van der Waals surface area contributed by atoms with Crippen LogP contribution in [0, 0.1) is 23.0 Å². The highest BCUT2D eigenvalue weighted by atomic mass is 35.5. The zero-order valence-electron chi connectivity index (χ0n) is 11.8. The van der Waals surface area contributed by atoms with Crippen molar-refractivity contribution in [3.05, 3.63) is 32.8 Å². The van der Waals surface area contributed by atoms with Crippen LogP contribution in [0.25, 0.3) is 0 Å². The van der Waals surface area contributed by atoms with Gasteiger partial charge in [0.25, 0.3) is 5.69 Å². The van der Waals surface area contributed by atoms with Crippen molar-refractivity contribution in [1.29, 1.82) is 0 Å². The van der Waals surface area contributed by atoms with E-state index in [1.54, 1.807) is 12.1 Å². The van der Waals surface area contributed by atoms with Gasteiger partial charge in [0.15, 0.2) is 0 Å². The molecule has 0 heterocycles. The number of aryl methyl sites for hydroxylation is 1. The molecule has 1 fully saturated rings. The minimum absolute atomic E-state index is 0.0388. The first-order valence-electron chi connectivity index (χ1n) is 6.83. The van der Waals surface area contributed by atoms with Gasteiger partial charge in [0.1, 0.15) is 5.02 Å². The lowest BCUT2D eigenvalue weighted by atomic mass is 10.0. The number of nitro groups is 1. The van der Waals surface area contributed by atoms with E-state index >= 15 is 0 Å². The van der Waals surface area contributed by atoms with Crippen molar-refractivity contribution >= 4 is 23.0 Å². The van der Waals surface area contributed by atoms with E-state index in [9.17, 15) is 10.1 Å². The number of benzene rings is 1. The molecule has 0 saturated heterocycles. The van der Waals surface area contributed by atoms with Gasteiger partial charge in [-0.2, -0.15) is 0 Å². The Morgan fingerprint density at radius 2 is 2.20 bits per heavy atom. The van der Waals surface area contributed by atoms with Crippen molar-refractivity contribution in [2.24, 2.45) is 11.7 Å². The maximum Gasteiger partial charge on any atom is 0.288 e. The van der Waals surface area contributed by atoms with Gasteiger partial charge in [-0.1, -0.05) is 18.0 Å². The van der Waals surface area contributed by atoms with Crippen LogP contribution in [0.5, 0.6) is 0 Å². The molecule has 2 N–H and O–H groups in total. The molecule has 0 bridgehead atoms. The minimum Gasteiger partial charge on any atom is -0.371 e. The second kappa shape index (κ2) is 5.97. The molecule has 20 heavy (non-hydrogen) atoms. The SMILES string of the molecule is Cc1cc([N+](=O)[O-])c(Cl)cc1N(C)C1CCCC1CN. The Kier molecular flexibility index (Phi) is 4.50. The highest BCUT2D eigenvalue weighted by molar-refractivity contribution is 6.33. The summed E-state index contributed by atoms with van der Waals surface area (Å²) >= 11 is 6.02. The molecule has 1 aliphatic rings. The number of nitrogens with zero attached hydrogens (tertiary/aromatic N) is 2. The maximum absolute atomic E-state index is 10.9. The van der Waals surface area contributed by atoms with Crippen molar-refractivity contribution < 1.29 is 4.92 Å². The van der Waals surface area contributed by atoms with Gasteiger partial charge in [-0.25, -0.2) is 0 Å². The standard InChI is InChI=1S/C14H20ClN3O2/c1-9-6-14(18(19)20)11(15)7-13(9)17(2)12-5-3-4-10(12)8-16/h6-7,10,12H,3-5,8,16H2,1-2H3. The van der Waals surface area contributed by atoms with E-state index in [0.717, 1.165) is 24.1 Å². The van der Waals surface area contributed by atoms with Crippen molar-refractivity contribution in [3.8, 4) is 0 Å². The number of hydrogen-bond donors (Lipinski definition) is 1. The summed E-state index contributed by atoms with van der Waals surface area (Å²) in [5.41, 5.74) is 7.61. The first-order valence-corrected chi connectivity index (χ1v) is 7.21. The molecule has 0 radical (unpaired) electrons. The Morgan fingerprint density at radius 1 is 1.50 bits per heavy atom. The van der Waals surface area contributed by atoms with Gasteiger partial charge in [-0.05, 0) is 43.9 Å². The quantitative estimate of drug-likeness (QED) is 0.684. The molecule has 1 saturated carbocycles. The number of rotatable bonds is 4. The molecular formula is C14H20ClN3O2. The summed E-state index contributed by atoms with van der Waals surface area (Å²) in [5.74, 6) is 0.480. The smallest absolute Gasteiger partial charge is 0.288 e. The van der Waals surface area contributed by atoms with Crippen LogP contribution in [0.4, 0.5) is 11.4 Å². The van der Waals surface area contributed by atoms with E-state index in [0.29, 0.717) is 18.5 Å². The molecule has 1 aromatic rings. The Balaban J connectivity index is 2.33. The molecule has 0 aliphatic heterocycles. The van der Waals surface area contributed by atoms with Gasteiger partial charge >= 0.3 is 0 Å². The van der Waals surface area contributed by atoms with Gasteiger partial charge in [-0.15, -0.1) is 0 Å². The van der Waals surface area contributed by atoms with Gasteiger partial charge in [0, 0.05) is 24.8 Å². The first kappa shape index (κ1) is 15.1. The lowest BCUT2D eigenvalue weighted by molar-refractivity contribution is -0.384. The summed E-state index contributed by atoms with van der Waals surface area (Å²) in [6.07, 6.45) is 3.42. The average Bonchev–Trinajstić information content (AvgIpc) is 2.88. The summed E-state index contributed by atoms with van der Waals surface area (Å²) in [6, 6.07) is 3.62. The van der Waals surface area contributed by atoms with Gasteiger partial charge in [-0.3, -0.25) is 10.1 Å². The Labute approximate surface area is 123 Å². The molecule has 110 valence electrons. The molecule has 1 aliphatic carbocycles. The zero-order chi connectivity index (χ0) is 14.9. The Morgan fingerprint density at radius 3 is 2.80 bits per heavy atom. The highest BCUT2D eigenvalue weighted by Crippen LogP contribution is 2.36. The van der Waals surface area contributed by atoms with Crippen LogP contribution in [-0.4, -0.2) is 24.6 Å². The summed E-state index contributed by atoms with van der Waals surface area (Å²) in [7, 11) is 2.02. The highest BCUT2D eigenvalue weighted by Gasteiger charge is 2.30. The zero-order valence-corrected chi connectivity index (χ0v) is 12.6. The molecule has 0 aromatic heterocycles.